The summed E-state index contributed by atoms with van der Waals surface area (Å²) >= 11 is 0. The van der Waals surface area contributed by atoms with Crippen molar-refractivity contribution < 1.29 is 37.3 Å². The highest BCUT2D eigenvalue weighted by atomic mass is 19.4. The lowest BCUT2D eigenvalue weighted by Crippen LogP contribution is -2.42. The lowest BCUT2D eigenvalue weighted by atomic mass is 9.92. The van der Waals surface area contributed by atoms with Crippen molar-refractivity contribution in [3.63, 3.8) is 0 Å². The highest BCUT2D eigenvalue weighted by molar-refractivity contribution is 6.00. The van der Waals surface area contributed by atoms with Crippen molar-refractivity contribution in [3.8, 4) is 11.6 Å². The van der Waals surface area contributed by atoms with Gasteiger partial charge in [-0.25, -0.2) is 4.98 Å². The molecular weight excluding hydrogens is 589 g/mol. The molecule has 4 fully saturated rings. The number of carbonyl (C=O) groups is 2. The minimum absolute atomic E-state index is 0.0344. The summed E-state index contributed by atoms with van der Waals surface area (Å²) in [5.41, 5.74) is 7.00. The second kappa shape index (κ2) is 14.3. The van der Waals surface area contributed by atoms with E-state index in [1.54, 1.807) is 24.4 Å². The zero-order valence-electron chi connectivity index (χ0n) is 25.7. The number of halogens is 3. The molecule has 1 unspecified atom stereocenters. The number of nitrogens with two attached hydrogens (primary N) is 1. The van der Waals surface area contributed by atoms with E-state index in [0.29, 0.717) is 61.8 Å². The predicted octanol–water partition coefficient (Wildman–Crippen LogP) is 5.63. The number of alkyl halides is 3. The van der Waals surface area contributed by atoms with E-state index in [1.807, 2.05) is 17.0 Å². The summed E-state index contributed by atoms with van der Waals surface area (Å²) in [5.74, 6) is 0.186. The first-order valence-electron chi connectivity index (χ1n) is 15.9. The minimum atomic E-state index is -4.47. The summed E-state index contributed by atoms with van der Waals surface area (Å²) < 4.78 is 51.2. The first kappa shape index (κ1) is 32.8. The van der Waals surface area contributed by atoms with Gasteiger partial charge in [-0.3, -0.25) is 9.59 Å². The number of aromatic nitrogens is 1. The van der Waals surface area contributed by atoms with E-state index in [1.165, 1.54) is 20.0 Å². The van der Waals surface area contributed by atoms with Crippen LogP contribution >= 0.6 is 0 Å². The molecule has 1 aromatic heterocycles. The van der Waals surface area contributed by atoms with Crippen molar-refractivity contribution in [2.45, 2.75) is 82.0 Å². The molecule has 1 atom stereocenters. The molecule has 1 amide bonds. The SMILES string of the molecule is COc1ccc(C(=O)N(CC(F)(F)F)C2CC2)c(N2CCC(COc3cc(C(CC(=O)O)C4CC4)ccn3)CC2)c1.NC1CC1. The quantitative estimate of drug-likeness (QED) is 0.309. The summed E-state index contributed by atoms with van der Waals surface area (Å²) in [6, 6.07) is 8.82. The molecule has 0 radical (unpaired) electrons. The van der Waals surface area contributed by atoms with Gasteiger partial charge in [-0.1, -0.05) is 0 Å². The van der Waals surface area contributed by atoms with Gasteiger partial charge in [0, 0.05) is 43.5 Å². The lowest BCUT2D eigenvalue weighted by molar-refractivity contribution is -0.141. The Morgan fingerprint density at radius 1 is 1.07 bits per heavy atom. The van der Waals surface area contributed by atoms with Gasteiger partial charge in [0.2, 0.25) is 5.88 Å². The molecule has 246 valence electrons. The summed E-state index contributed by atoms with van der Waals surface area (Å²) in [6.45, 7) is 0.413. The molecule has 1 aromatic carbocycles. The number of carboxylic acids is 1. The highest BCUT2D eigenvalue weighted by Gasteiger charge is 2.42. The number of pyridine rings is 1. The Bertz CT molecular complexity index is 1320. The van der Waals surface area contributed by atoms with Gasteiger partial charge < -0.3 is 30.1 Å². The Morgan fingerprint density at radius 2 is 1.76 bits per heavy atom. The third-order valence-corrected chi connectivity index (χ3v) is 8.85. The minimum Gasteiger partial charge on any atom is -0.497 e. The van der Waals surface area contributed by atoms with Gasteiger partial charge in [-0.15, -0.1) is 0 Å². The molecule has 0 bridgehead atoms. The van der Waals surface area contributed by atoms with Crippen LogP contribution in [0.25, 0.3) is 0 Å². The van der Waals surface area contributed by atoms with Crippen molar-refractivity contribution in [1.82, 2.24) is 9.88 Å². The zero-order chi connectivity index (χ0) is 32.1. The number of hydrogen-bond donors (Lipinski definition) is 2. The maximum absolute atomic E-state index is 13.4. The standard InChI is InChI=1S/C30H36F3N3O5.C3H7N/c1-40-23-6-7-24(29(39)36(22-4-5-22)18-30(31,32)33)26(15-23)35-12-9-19(10-13-35)17-41-27-14-21(8-11-34-27)25(16-28(37)38)20-2-3-20;4-3-1-2-3/h6-8,11,14-15,19-20,22,25H,2-5,9-10,12-13,16-18H2,1H3,(H,37,38);3H,1-2,4H2. The normalized spacial score (nSPS) is 19.3. The zero-order valence-corrected chi connectivity index (χ0v) is 25.7. The van der Waals surface area contributed by atoms with Crippen LogP contribution in [0.1, 0.15) is 79.6 Å². The number of hydrogen-bond acceptors (Lipinski definition) is 7. The molecule has 2 aromatic rings. The number of amides is 1. The van der Waals surface area contributed by atoms with Gasteiger partial charge in [0.05, 0.1) is 31.4 Å². The first-order chi connectivity index (χ1) is 21.5. The second-order valence-corrected chi connectivity index (χ2v) is 12.7. The van der Waals surface area contributed by atoms with Crippen molar-refractivity contribution in [2.24, 2.45) is 17.6 Å². The van der Waals surface area contributed by atoms with E-state index in [2.05, 4.69) is 4.98 Å². The Labute approximate surface area is 261 Å². The van der Waals surface area contributed by atoms with Crippen LogP contribution < -0.4 is 20.1 Å². The number of aliphatic carboxylic acids is 1. The van der Waals surface area contributed by atoms with Crippen molar-refractivity contribution >= 4 is 17.6 Å². The largest absolute Gasteiger partial charge is 0.497 e. The number of nitrogens with zero attached hydrogens (tertiary/aromatic N) is 3. The summed E-state index contributed by atoms with van der Waals surface area (Å²) in [4.78, 5) is 32.0. The number of carboxylic acid groups (broad SMARTS) is 1. The van der Waals surface area contributed by atoms with E-state index in [4.69, 9.17) is 15.2 Å². The number of carbonyl (C=O) groups excluding carboxylic acids is 1. The van der Waals surface area contributed by atoms with Gasteiger partial charge in [0.25, 0.3) is 5.91 Å². The van der Waals surface area contributed by atoms with Crippen molar-refractivity contribution in [1.29, 1.82) is 0 Å². The van der Waals surface area contributed by atoms with Gasteiger partial charge >= 0.3 is 12.1 Å². The average Bonchev–Trinajstić information content (AvgIpc) is 3.85. The maximum Gasteiger partial charge on any atom is 0.406 e. The molecule has 2 heterocycles. The second-order valence-electron chi connectivity index (χ2n) is 12.7. The Kier molecular flexibility index (Phi) is 10.4. The van der Waals surface area contributed by atoms with Gasteiger partial charge in [0.15, 0.2) is 0 Å². The first-order valence-corrected chi connectivity index (χ1v) is 15.9. The number of rotatable bonds is 12. The third kappa shape index (κ3) is 9.72. The van der Waals surface area contributed by atoms with E-state index in [0.717, 1.165) is 36.1 Å². The number of ether oxygens (including phenoxy) is 2. The molecule has 12 heteroatoms. The molecule has 4 aliphatic rings. The fourth-order valence-electron chi connectivity index (χ4n) is 5.80. The van der Waals surface area contributed by atoms with Crippen LogP contribution in [0.2, 0.25) is 0 Å². The Hall–Kier alpha value is -3.54. The number of anilines is 1. The van der Waals surface area contributed by atoms with Crippen LogP contribution in [0.5, 0.6) is 11.6 Å². The molecule has 9 nitrogen and oxygen atoms in total. The molecule has 3 saturated carbocycles. The number of methoxy groups -OCH3 is 1. The van der Waals surface area contributed by atoms with Crippen molar-refractivity contribution in [2.75, 3.05) is 38.3 Å². The van der Waals surface area contributed by atoms with E-state index >= 15 is 0 Å². The number of piperidine rings is 1. The molecule has 6 rings (SSSR count). The Balaban J connectivity index is 0.000000927. The molecule has 3 N–H and O–H groups in total. The Morgan fingerprint density at radius 3 is 2.31 bits per heavy atom. The topological polar surface area (TPSA) is 118 Å². The van der Waals surface area contributed by atoms with Crippen LogP contribution in [0.3, 0.4) is 0 Å². The molecule has 3 aliphatic carbocycles. The molecular formula is C33H43F3N4O5. The van der Waals surface area contributed by atoms with E-state index in [9.17, 15) is 27.9 Å². The molecule has 45 heavy (non-hydrogen) atoms. The average molecular weight is 633 g/mol. The van der Waals surface area contributed by atoms with Crippen LogP contribution in [0.4, 0.5) is 18.9 Å². The van der Waals surface area contributed by atoms with Gasteiger partial charge in [-0.2, -0.15) is 13.2 Å². The fourth-order valence-corrected chi connectivity index (χ4v) is 5.80. The summed E-state index contributed by atoms with van der Waals surface area (Å²) in [5, 5.41) is 9.32. The van der Waals surface area contributed by atoms with Gasteiger partial charge in [0.1, 0.15) is 12.3 Å². The predicted molar refractivity (Wildman–Crippen MR) is 163 cm³/mol. The van der Waals surface area contributed by atoms with Crippen LogP contribution in [-0.4, -0.2) is 78.5 Å². The molecule has 0 spiro atoms. The maximum atomic E-state index is 13.4. The van der Waals surface area contributed by atoms with E-state index in [-0.39, 0.29) is 29.9 Å². The van der Waals surface area contributed by atoms with Crippen molar-refractivity contribution in [3.05, 3.63) is 47.7 Å². The fraction of sp³-hybridized carbons (Fsp3) is 0.606. The number of benzene rings is 1. The third-order valence-electron chi connectivity index (χ3n) is 8.85. The van der Waals surface area contributed by atoms with Gasteiger partial charge in [-0.05, 0) is 92.9 Å². The smallest absolute Gasteiger partial charge is 0.406 e. The van der Waals surface area contributed by atoms with Crippen LogP contribution in [0.15, 0.2) is 36.5 Å². The highest BCUT2D eigenvalue weighted by Crippen LogP contribution is 2.45. The summed E-state index contributed by atoms with van der Waals surface area (Å²) in [7, 11) is 1.52. The summed E-state index contributed by atoms with van der Waals surface area (Å²) in [6.07, 6.45) is 4.59. The lowest BCUT2D eigenvalue weighted by Gasteiger charge is -2.35. The van der Waals surface area contributed by atoms with Crippen LogP contribution in [-0.2, 0) is 4.79 Å². The van der Waals surface area contributed by atoms with Crippen LogP contribution in [0, 0.1) is 11.8 Å². The monoisotopic (exact) mass is 632 g/mol. The van der Waals surface area contributed by atoms with E-state index < -0.39 is 24.6 Å². The molecule has 1 aliphatic heterocycles. The molecule has 1 saturated heterocycles.